The number of methoxy groups -OCH3 is 2. The number of hydrogen-bond donors (Lipinski definition) is 2. The van der Waals surface area contributed by atoms with Crippen molar-refractivity contribution in [2.45, 2.75) is 6.18 Å². The highest BCUT2D eigenvalue weighted by atomic mass is 19.4. The number of amides is 2. The van der Waals surface area contributed by atoms with Crippen molar-refractivity contribution in [3.8, 4) is 11.5 Å². The van der Waals surface area contributed by atoms with Crippen molar-refractivity contribution >= 4 is 23.2 Å². The Bertz CT molecular complexity index is 1200. The van der Waals surface area contributed by atoms with Crippen molar-refractivity contribution in [3.63, 3.8) is 0 Å². The molecular formula is C23H18F4N2O4. The Morgan fingerprint density at radius 1 is 0.818 bits per heavy atom. The molecule has 3 aromatic rings. The summed E-state index contributed by atoms with van der Waals surface area (Å²) in [4.78, 5) is 24.9. The molecule has 0 spiro atoms. The number of anilines is 2. The molecule has 0 radical (unpaired) electrons. The lowest BCUT2D eigenvalue weighted by molar-refractivity contribution is -0.136. The van der Waals surface area contributed by atoms with Crippen LogP contribution in [-0.2, 0) is 6.18 Å². The first-order valence-corrected chi connectivity index (χ1v) is 9.44. The smallest absolute Gasteiger partial charge is 0.418 e. The van der Waals surface area contributed by atoms with E-state index < -0.39 is 35.1 Å². The summed E-state index contributed by atoms with van der Waals surface area (Å²) in [6, 6.07) is 12.2. The molecule has 0 unspecified atom stereocenters. The summed E-state index contributed by atoms with van der Waals surface area (Å²) in [5, 5.41) is 4.44. The summed E-state index contributed by atoms with van der Waals surface area (Å²) in [5.74, 6) is -2.15. The molecule has 0 fully saturated rings. The Hall–Kier alpha value is -4.08. The molecule has 3 rings (SSSR count). The Morgan fingerprint density at radius 2 is 1.52 bits per heavy atom. The number of alkyl halides is 3. The maximum absolute atomic E-state index is 13.8. The fourth-order valence-corrected chi connectivity index (χ4v) is 2.99. The standard InChI is InChI=1S/C23H18F4N2O4/c1-32-14-8-10-20(33-2)16(12-14)22(31)29-19-9-7-13(11-17(19)23(25,26)27)28-21(30)15-5-3-4-6-18(15)24/h3-12H,1-2H3,(H,28,30)(H,29,31). The zero-order valence-electron chi connectivity index (χ0n) is 17.4. The fraction of sp³-hybridized carbons (Fsp3) is 0.130. The number of nitrogens with one attached hydrogen (secondary N) is 2. The Morgan fingerprint density at radius 3 is 2.15 bits per heavy atom. The third kappa shape index (κ3) is 5.40. The van der Waals surface area contributed by atoms with Gasteiger partial charge in [-0.15, -0.1) is 0 Å². The number of ether oxygens (including phenoxy) is 2. The lowest BCUT2D eigenvalue weighted by Gasteiger charge is -2.17. The van der Waals surface area contributed by atoms with Crippen LogP contribution >= 0.6 is 0 Å². The fourth-order valence-electron chi connectivity index (χ4n) is 2.99. The molecule has 10 heteroatoms. The van der Waals surface area contributed by atoms with Gasteiger partial charge in [-0.2, -0.15) is 13.2 Å². The van der Waals surface area contributed by atoms with Crippen LogP contribution in [-0.4, -0.2) is 26.0 Å². The molecule has 0 saturated heterocycles. The number of carbonyl (C=O) groups excluding carboxylic acids is 2. The van der Waals surface area contributed by atoms with Crippen LogP contribution in [0, 0.1) is 5.82 Å². The number of carbonyl (C=O) groups is 2. The average Bonchev–Trinajstić information content (AvgIpc) is 2.79. The van der Waals surface area contributed by atoms with E-state index in [0.29, 0.717) is 11.8 Å². The first-order valence-electron chi connectivity index (χ1n) is 9.44. The molecule has 0 atom stereocenters. The van der Waals surface area contributed by atoms with E-state index in [2.05, 4.69) is 10.6 Å². The van der Waals surface area contributed by atoms with Crippen LogP contribution in [0.4, 0.5) is 28.9 Å². The van der Waals surface area contributed by atoms with E-state index >= 15 is 0 Å². The highest BCUT2D eigenvalue weighted by Gasteiger charge is 2.35. The quantitative estimate of drug-likeness (QED) is 0.483. The van der Waals surface area contributed by atoms with E-state index in [1.807, 2.05) is 0 Å². The molecular weight excluding hydrogens is 444 g/mol. The van der Waals surface area contributed by atoms with Crippen LogP contribution in [0.3, 0.4) is 0 Å². The second-order valence-electron chi connectivity index (χ2n) is 6.71. The molecule has 0 saturated carbocycles. The van der Waals surface area contributed by atoms with Crippen LogP contribution in [0.25, 0.3) is 0 Å². The average molecular weight is 462 g/mol. The van der Waals surface area contributed by atoms with E-state index in [1.165, 1.54) is 50.6 Å². The molecule has 0 aromatic heterocycles. The summed E-state index contributed by atoms with van der Waals surface area (Å²) in [6.07, 6.45) is -4.86. The van der Waals surface area contributed by atoms with Crippen LogP contribution in [0.2, 0.25) is 0 Å². The number of halogens is 4. The van der Waals surface area contributed by atoms with Crippen LogP contribution < -0.4 is 20.1 Å². The molecule has 2 amide bonds. The summed E-state index contributed by atoms with van der Waals surface area (Å²) in [6.45, 7) is 0. The molecule has 0 bridgehead atoms. The molecule has 33 heavy (non-hydrogen) atoms. The minimum atomic E-state index is -4.86. The van der Waals surface area contributed by atoms with Gasteiger partial charge in [0.25, 0.3) is 11.8 Å². The third-order valence-electron chi connectivity index (χ3n) is 4.60. The number of benzene rings is 3. The van der Waals surface area contributed by atoms with Gasteiger partial charge in [-0.3, -0.25) is 9.59 Å². The maximum Gasteiger partial charge on any atom is 0.418 e. The second-order valence-corrected chi connectivity index (χ2v) is 6.71. The van der Waals surface area contributed by atoms with Crippen LogP contribution in [0.15, 0.2) is 60.7 Å². The summed E-state index contributed by atoms with van der Waals surface area (Å²) < 4.78 is 65.0. The Kier molecular flexibility index (Phi) is 6.86. The summed E-state index contributed by atoms with van der Waals surface area (Å²) >= 11 is 0. The summed E-state index contributed by atoms with van der Waals surface area (Å²) in [7, 11) is 2.69. The third-order valence-corrected chi connectivity index (χ3v) is 4.60. The molecule has 0 aliphatic heterocycles. The molecule has 2 N–H and O–H groups in total. The number of rotatable bonds is 6. The zero-order valence-corrected chi connectivity index (χ0v) is 17.4. The lowest BCUT2D eigenvalue weighted by atomic mass is 10.1. The molecule has 0 aliphatic carbocycles. The van der Waals surface area contributed by atoms with Gasteiger partial charge in [0.1, 0.15) is 17.3 Å². The van der Waals surface area contributed by atoms with E-state index in [9.17, 15) is 27.2 Å². The largest absolute Gasteiger partial charge is 0.497 e. The highest BCUT2D eigenvalue weighted by molar-refractivity contribution is 6.07. The molecule has 6 nitrogen and oxygen atoms in total. The van der Waals surface area contributed by atoms with Gasteiger partial charge in [0.2, 0.25) is 0 Å². The van der Waals surface area contributed by atoms with Gasteiger partial charge in [0.05, 0.1) is 36.6 Å². The molecule has 172 valence electrons. The first-order chi connectivity index (χ1) is 15.6. The van der Waals surface area contributed by atoms with E-state index in [4.69, 9.17) is 9.47 Å². The van der Waals surface area contributed by atoms with Crippen molar-refractivity contribution in [3.05, 3.63) is 83.2 Å². The van der Waals surface area contributed by atoms with Gasteiger partial charge in [0.15, 0.2) is 0 Å². The lowest BCUT2D eigenvalue weighted by Crippen LogP contribution is -2.19. The van der Waals surface area contributed by atoms with E-state index in [-0.39, 0.29) is 22.6 Å². The predicted octanol–water partition coefficient (Wildman–Crippen LogP) is 5.37. The predicted molar refractivity (Wildman–Crippen MR) is 113 cm³/mol. The van der Waals surface area contributed by atoms with Gasteiger partial charge in [-0.25, -0.2) is 4.39 Å². The van der Waals surface area contributed by atoms with Gasteiger partial charge in [-0.1, -0.05) is 12.1 Å². The number of hydrogen-bond acceptors (Lipinski definition) is 4. The minimum absolute atomic E-state index is 0.0399. The molecule has 3 aromatic carbocycles. The van der Waals surface area contributed by atoms with E-state index in [0.717, 1.165) is 18.2 Å². The van der Waals surface area contributed by atoms with Crippen LogP contribution in [0.5, 0.6) is 11.5 Å². The van der Waals surface area contributed by atoms with Crippen molar-refractivity contribution in [2.24, 2.45) is 0 Å². The first kappa shape index (κ1) is 23.6. The van der Waals surface area contributed by atoms with E-state index in [1.54, 1.807) is 0 Å². The van der Waals surface area contributed by atoms with Crippen molar-refractivity contribution in [1.82, 2.24) is 0 Å². The Balaban J connectivity index is 1.91. The second kappa shape index (κ2) is 9.60. The van der Waals surface area contributed by atoms with Crippen molar-refractivity contribution in [2.75, 3.05) is 24.9 Å². The molecule has 0 aliphatic rings. The van der Waals surface area contributed by atoms with Crippen LogP contribution in [0.1, 0.15) is 26.3 Å². The monoisotopic (exact) mass is 462 g/mol. The zero-order chi connectivity index (χ0) is 24.2. The molecule has 0 heterocycles. The van der Waals surface area contributed by atoms with Crippen molar-refractivity contribution in [1.29, 1.82) is 0 Å². The summed E-state index contributed by atoms with van der Waals surface area (Å²) in [5.41, 5.74) is -2.34. The van der Waals surface area contributed by atoms with Crippen molar-refractivity contribution < 1.29 is 36.6 Å². The highest BCUT2D eigenvalue weighted by Crippen LogP contribution is 2.37. The van der Waals surface area contributed by atoms with Gasteiger partial charge in [-0.05, 0) is 48.5 Å². The van der Waals surface area contributed by atoms with Gasteiger partial charge >= 0.3 is 6.18 Å². The van der Waals surface area contributed by atoms with Gasteiger partial charge < -0.3 is 20.1 Å². The SMILES string of the molecule is COc1ccc(OC)c(C(=O)Nc2ccc(NC(=O)c3ccccc3F)cc2C(F)(F)F)c1. The maximum atomic E-state index is 13.8. The topological polar surface area (TPSA) is 76.7 Å². The van der Waals surface area contributed by atoms with Gasteiger partial charge in [0, 0.05) is 5.69 Å². The normalized spacial score (nSPS) is 11.0. The Labute approximate surface area is 186 Å². The minimum Gasteiger partial charge on any atom is -0.497 e.